The molecule has 0 spiro atoms. The third kappa shape index (κ3) is 2.30. The molecule has 5 heteroatoms. The number of aromatic nitrogens is 1. The summed E-state index contributed by atoms with van der Waals surface area (Å²) in [6.07, 6.45) is 0. The van der Waals surface area contributed by atoms with Crippen LogP contribution in [0.1, 0.15) is 31.8 Å². The van der Waals surface area contributed by atoms with Gasteiger partial charge in [-0.2, -0.15) is 11.3 Å². The van der Waals surface area contributed by atoms with Gasteiger partial charge in [0.15, 0.2) is 0 Å². The minimum Gasteiger partial charge on any atom is -0.398 e. The van der Waals surface area contributed by atoms with Crippen molar-refractivity contribution < 1.29 is 13.4 Å². The predicted molar refractivity (Wildman–Crippen MR) is 83.3 cm³/mol. The zero-order chi connectivity index (χ0) is 17.0. The smallest absolute Gasteiger partial charge is 0.398 e. The molecule has 2 aromatic heterocycles. The number of thiophene rings is 1. The van der Waals surface area contributed by atoms with E-state index in [0.717, 1.165) is 5.56 Å². The van der Waals surface area contributed by atoms with Crippen LogP contribution in [0.2, 0.25) is 0 Å². The Hall–Kier alpha value is -1.17. The van der Waals surface area contributed by atoms with Crippen molar-refractivity contribution in [3.63, 3.8) is 0 Å². The molecule has 3 nitrogen and oxygen atoms in total. The average molecular weight is 290 g/mol. The van der Waals surface area contributed by atoms with Crippen LogP contribution in [0.5, 0.6) is 0 Å². The maximum atomic E-state index is 8.15. The standard InChI is InChI=1S/C15H18BNO2S/c1-14(2)15(3,4)19-16(18-14)13-7-5-6-12(17-13)11-8-9-20-10-11/h5-10H,1-4H3/i5D,6D,7D. The summed E-state index contributed by atoms with van der Waals surface area (Å²) in [6, 6.07) is 1.52. The van der Waals surface area contributed by atoms with E-state index in [4.69, 9.17) is 13.4 Å². The highest BCUT2D eigenvalue weighted by Crippen LogP contribution is 2.36. The normalized spacial score (nSPS) is 22.4. The molecule has 0 bridgehead atoms. The van der Waals surface area contributed by atoms with Gasteiger partial charge in [0.2, 0.25) is 0 Å². The predicted octanol–water partition coefficient (Wildman–Crippen LogP) is 3.11. The molecule has 1 aliphatic rings. The number of rotatable bonds is 2. The minimum absolute atomic E-state index is 0.0475. The molecule has 3 heterocycles. The summed E-state index contributed by atoms with van der Waals surface area (Å²) >= 11 is 1.50. The summed E-state index contributed by atoms with van der Waals surface area (Å²) in [7, 11) is -0.811. The van der Waals surface area contributed by atoms with Crippen LogP contribution >= 0.6 is 11.3 Å². The minimum atomic E-state index is -0.811. The van der Waals surface area contributed by atoms with E-state index in [0.29, 0.717) is 5.69 Å². The Bertz CT molecular complexity index is 734. The number of nitrogens with zero attached hydrogens (tertiary/aromatic N) is 1. The Balaban J connectivity index is 2.11. The summed E-state index contributed by atoms with van der Waals surface area (Å²) in [6.45, 7) is 7.71. The molecule has 104 valence electrons. The van der Waals surface area contributed by atoms with Crippen molar-refractivity contribution >= 4 is 24.0 Å². The van der Waals surface area contributed by atoms with Crippen molar-refractivity contribution in [2.24, 2.45) is 0 Å². The van der Waals surface area contributed by atoms with E-state index < -0.39 is 18.3 Å². The van der Waals surface area contributed by atoms with Gasteiger partial charge in [-0.25, -0.2) is 0 Å². The van der Waals surface area contributed by atoms with Gasteiger partial charge in [-0.05, 0) is 51.2 Å². The maximum Gasteiger partial charge on any atom is 0.514 e. The van der Waals surface area contributed by atoms with Crippen molar-refractivity contribution in [1.29, 1.82) is 0 Å². The SMILES string of the molecule is [2H]c1c(B2OC(C)(C)C(C)(C)O2)nc(-c2ccsc2)c([2H])c1[2H]. The van der Waals surface area contributed by atoms with Gasteiger partial charge in [0.05, 0.1) is 26.6 Å². The first-order valence-corrected chi connectivity index (χ1v) is 7.44. The molecular weight excluding hydrogens is 269 g/mol. The summed E-state index contributed by atoms with van der Waals surface area (Å²) in [4.78, 5) is 4.45. The Kier molecular flexibility index (Phi) is 2.47. The van der Waals surface area contributed by atoms with Gasteiger partial charge in [-0.3, -0.25) is 4.98 Å². The molecule has 0 unspecified atom stereocenters. The largest absolute Gasteiger partial charge is 0.514 e. The lowest BCUT2D eigenvalue weighted by molar-refractivity contribution is 0.00578. The molecule has 1 aliphatic heterocycles. The van der Waals surface area contributed by atoms with E-state index in [1.165, 1.54) is 11.3 Å². The second kappa shape index (κ2) is 4.69. The highest BCUT2D eigenvalue weighted by molar-refractivity contribution is 7.08. The molecule has 0 aromatic carbocycles. The lowest BCUT2D eigenvalue weighted by Crippen LogP contribution is -2.41. The van der Waals surface area contributed by atoms with Crippen LogP contribution in [0.3, 0.4) is 0 Å². The molecule has 0 saturated carbocycles. The Labute approximate surface area is 128 Å². The number of pyridine rings is 1. The molecule has 0 atom stereocenters. The quantitative estimate of drug-likeness (QED) is 0.796. The summed E-state index contributed by atoms with van der Waals surface area (Å²) < 4.78 is 36.2. The highest BCUT2D eigenvalue weighted by atomic mass is 32.1. The first-order chi connectivity index (χ1) is 10.6. The van der Waals surface area contributed by atoms with Gasteiger partial charge >= 0.3 is 7.12 Å². The van der Waals surface area contributed by atoms with Gasteiger partial charge < -0.3 is 9.31 Å². The maximum absolute atomic E-state index is 8.15. The number of hydrogen-bond acceptors (Lipinski definition) is 4. The topological polar surface area (TPSA) is 31.4 Å². The van der Waals surface area contributed by atoms with Gasteiger partial charge in [0.1, 0.15) is 0 Å². The molecule has 3 rings (SSSR count). The fraction of sp³-hybridized carbons (Fsp3) is 0.400. The van der Waals surface area contributed by atoms with Crippen molar-refractivity contribution in [2.45, 2.75) is 38.9 Å². The van der Waals surface area contributed by atoms with Crippen LogP contribution in [0.4, 0.5) is 0 Å². The second-order valence-electron chi connectivity index (χ2n) is 5.82. The molecule has 0 amide bonds. The summed E-state index contributed by atoms with van der Waals surface area (Å²) in [5, 5.41) is 3.76. The zero-order valence-electron chi connectivity index (χ0n) is 15.0. The van der Waals surface area contributed by atoms with E-state index in [9.17, 15) is 0 Å². The van der Waals surface area contributed by atoms with E-state index in [1.807, 2.05) is 44.5 Å². The molecular formula is C15H18BNO2S. The van der Waals surface area contributed by atoms with E-state index in [-0.39, 0.29) is 23.7 Å². The second-order valence-corrected chi connectivity index (χ2v) is 6.60. The first-order valence-electron chi connectivity index (χ1n) is 8.00. The Morgan fingerprint density at radius 3 is 2.50 bits per heavy atom. The highest BCUT2D eigenvalue weighted by Gasteiger charge is 2.52. The van der Waals surface area contributed by atoms with Crippen LogP contribution in [-0.2, 0) is 9.31 Å². The zero-order valence-corrected chi connectivity index (χ0v) is 12.8. The van der Waals surface area contributed by atoms with Gasteiger partial charge in [0, 0.05) is 10.9 Å². The molecule has 0 radical (unpaired) electrons. The van der Waals surface area contributed by atoms with Crippen LogP contribution in [0.15, 0.2) is 35.0 Å². The molecule has 2 aromatic rings. The van der Waals surface area contributed by atoms with Crippen molar-refractivity contribution in [3.05, 3.63) is 35.0 Å². The van der Waals surface area contributed by atoms with Crippen LogP contribution in [0, 0.1) is 0 Å². The van der Waals surface area contributed by atoms with E-state index in [2.05, 4.69) is 4.98 Å². The van der Waals surface area contributed by atoms with Crippen molar-refractivity contribution in [2.75, 3.05) is 0 Å². The molecule has 0 N–H and O–H groups in total. The van der Waals surface area contributed by atoms with Gasteiger partial charge in [0.25, 0.3) is 0 Å². The van der Waals surface area contributed by atoms with Crippen LogP contribution in [0.25, 0.3) is 11.3 Å². The molecule has 1 fully saturated rings. The monoisotopic (exact) mass is 290 g/mol. The van der Waals surface area contributed by atoms with Crippen molar-refractivity contribution in [1.82, 2.24) is 4.98 Å². The fourth-order valence-corrected chi connectivity index (χ4v) is 2.57. The van der Waals surface area contributed by atoms with Crippen molar-refractivity contribution in [3.8, 4) is 11.3 Å². The molecule has 20 heavy (non-hydrogen) atoms. The lowest BCUT2D eigenvalue weighted by atomic mass is 9.84. The summed E-state index contributed by atoms with van der Waals surface area (Å²) in [5.41, 5.74) is 0.320. The Morgan fingerprint density at radius 1 is 1.20 bits per heavy atom. The third-order valence-corrected chi connectivity index (χ3v) is 4.56. The van der Waals surface area contributed by atoms with Gasteiger partial charge in [-0.1, -0.05) is 6.04 Å². The van der Waals surface area contributed by atoms with E-state index >= 15 is 0 Å². The first kappa shape index (κ1) is 10.5. The van der Waals surface area contributed by atoms with Crippen LogP contribution < -0.4 is 5.59 Å². The fourth-order valence-electron chi connectivity index (χ4n) is 1.93. The van der Waals surface area contributed by atoms with E-state index in [1.54, 1.807) is 0 Å². The van der Waals surface area contributed by atoms with Gasteiger partial charge in [-0.15, -0.1) is 0 Å². The molecule has 0 aliphatic carbocycles. The summed E-state index contributed by atoms with van der Waals surface area (Å²) in [5.74, 6) is 0. The van der Waals surface area contributed by atoms with Crippen LogP contribution in [-0.4, -0.2) is 23.3 Å². The number of hydrogen-bond donors (Lipinski definition) is 0. The average Bonchev–Trinajstić information content (AvgIpc) is 3.04. The molecule has 1 saturated heterocycles. The lowest BCUT2D eigenvalue weighted by Gasteiger charge is -2.32. The Morgan fingerprint density at radius 2 is 1.90 bits per heavy atom. The third-order valence-electron chi connectivity index (χ3n) is 3.87.